The quantitative estimate of drug-likeness (QED) is 0.503. The number of benzene rings is 1. The Morgan fingerprint density at radius 3 is 2.71 bits per heavy atom. The second-order valence-corrected chi connectivity index (χ2v) is 13.7. The maximum absolute atomic E-state index is 13.3. The molecule has 0 amide bonds. The average Bonchev–Trinajstić information content (AvgIpc) is 2.80. The Kier molecular flexibility index (Phi) is 7.90. The molecule has 3 aliphatic heterocycles. The van der Waals surface area contributed by atoms with Crippen LogP contribution < -0.4 is 9.46 Å². The minimum Gasteiger partial charge on any atom is -0.494 e. The van der Waals surface area contributed by atoms with Gasteiger partial charge in [0.05, 0.1) is 12.4 Å². The van der Waals surface area contributed by atoms with Crippen molar-refractivity contribution in [3.63, 3.8) is 0 Å². The van der Waals surface area contributed by atoms with Gasteiger partial charge in [0, 0.05) is 52.4 Å². The van der Waals surface area contributed by atoms with Gasteiger partial charge < -0.3 is 4.74 Å². The third kappa shape index (κ3) is 5.44. The molecule has 0 aliphatic carbocycles. The summed E-state index contributed by atoms with van der Waals surface area (Å²) in [6.45, 7) is 5.20. The first-order valence-corrected chi connectivity index (χ1v) is 15.3. The van der Waals surface area contributed by atoms with Gasteiger partial charge in [-0.25, -0.2) is 13.1 Å². The van der Waals surface area contributed by atoms with Gasteiger partial charge in [-0.3, -0.25) is 4.90 Å². The molecular formula is C23H38N4O5S2. The van der Waals surface area contributed by atoms with Crippen molar-refractivity contribution in [2.24, 2.45) is 5.92 Å². The number of piperidine rings is 2. The van der Waals surface area contributed by atoms with E-state index in [0.717, 1.165) is 48.8 Å². The second-order valence-electron chi connectivity index (χ2n) is 9.72. The first-order valence-electron chi connectivity index (χ1n) is 12.3. The molecule has 0 unspecified atom stereocenters. The van der Waals surface area contributed by atoms with E-state index in [1.807, 2.05) is 13.0 Å². The highest BCUT2D eigenvalue weighted by atomic mass is 32.2. The molecule has 2 fully saturated rings. The zero-order valence-corrected chi connectivity index (χ0v) is 22.1. The van der Waals surface area contributed by atoms with Crippen molar-refractivity contribution in [2.45, 2.75) is 51.1 Å². The Morgan fingerprint density at radius 2 is 1.97 bits per heavy atom. The summed E-state index contributed by atoms with van der Waals surface area (Å²) < 4.78 is 61.4. The number of fused-ring (bicyclic) bond motifs is 4. The molecule has 3 aliphatic rings. The van der Waals surface area contributed by atoms with Gasteiger partial charge in [0.1, 0.15) is 5.75 Å². The summed E-state index contributed by atoms with van der Waals surface area (Å²) in [5, 5.41) is 0. The highest BCUT2D eigenvalue weighted by molar-refractivity contribution is 7.89. The Balaban J connectivity index is 1.46. The van der Waals surface area contributed by atoms with Crippen LogP contribution in [-0.4, -0.2) is 89.0 Å². The summed E-state index contributed by atoms with van der Waals surface area (Å²) >= 11 is 0. The number of nitrogens with one attached hydrogen (secondary N) is 1. The molecule has 0 radical (unpaired) electrons. The monoisotopic (exact) mass is 514 g/mol. The molecular weight excluding hydrogens is 476 g/mol. The van der Waals surface area contributed by atoms with Crippen LogP contribution in [0.15, 0.2) is 18.2 Å². The molecule has 1 N–H and O–H groups in total. The molecule has 34 heavy (non-hydrogen) atoms. The fourth-order valence-electron chi connectivity index (χ4n) is 5.69. The summed E-state index contributed by atoms with van der Waals surface area (Å²) in [5.74, 6) is 1.20. The molecule has 4 rings (SSSR count). The number of nitrogens with zero attached hydrogens (tertiary/aromatic N) is 3. The van der Waals surface area contributed by atoms with Gasteiger partial charge in [-0.2, -0.15) is 17.0 Å². The molecule has 0 saturated carbocycles. The van der Waals surface area contributed by atoms with Crippen LogP contribution in [0, 0.1) is 5.92 Å². The summed E-state index contributed by atoms with van der Waals surface area (Å²) in [5.41, 5.74) is 2.61. The van der Waals surface area contributed by atoms with E-state index in [-0.39, 0.29) is 30.8 Å². The third-order valence-corrected chi connectivity index (χ3v) is 10.9. The van der Waals surface area contributed by atoms with Crippen LogP contribution in [0.4, 0.5) is 0 Å². The molecule has 0 bridgehead atoms. The van der Waals surface area contributed by atoms with Crippen molar-refractivity contribution in [2.75, 3.05) is 52.6 Å². The van der Waals surface area contributed by atoms with Crippen molar-refractivity contribution < 1.29 is 21.6 Å². The van der Waals surface area contributed by atoms with E-state index < -0.39 is 20.2 Å². The summed E-state index contributed by atoms with van der Waals surface area (Å²) in [7, 11) is -4.13. The number of sulfonamides is 1. The van der Waals surface area contributed by atoms with Crippen LogP contribution in [-0.2, 0) is 26.7 Å². The number of rotatable bonds is 9. The fourth-order valence-corrected chi connectivity index (χ4v) is 8.18. The van der Waals surface area contributed by atoms with Crippen LogP contribution in [0.5, 0.6) is 5.75 Å². The molecule has 3 heterocycles. The van der Waals surface area contributed by atoms with E-state index in [1.165, 1.54) is 25.2 Å². The van der Waals surface area contributed by atoms with Crippen molar-refractivity contribution in [1.29, 1.82) is 0 Å². The first-order chi connectivity index (χ1) is 16.1. The van der Waals surface area contributed by atoms with Gasteiger partial charge in [0.15, 0.2) is 0 Å². The maximum Gasteiger partial charge on any atom is 0.278 e. The summed E-state index contributed by atoms with van der Waals surface area (Å²) in [4.78, 5) is 2.54. The van der Waals surface area contributed by atoms with Gasteiger partial charge in [-0.15, -0.1) is 0 Å². The van der Waals surface area contributed by atoms with Gasteiger partial charge in [-0.1, -0.05) is 6.07 Å². The van der Waals surface area contributed by atoms with E-state index in [1.54, 1.807) is 4.31 Å². The molecule has 1 aromatic carbocycles. The highest BCUT2D eigenvalue weighted by Crippen LogP contribution is 2.44. The molecule has 1 aromatic rings. The minimum atomic E-state index is -3.55. The number of ether oxygens (including phenoxy) is 1. The third-order valence-electron chi connectivity index (χ3n) is 7.40. The van der Waals surface area contributed by atoms with Gasteiger partial charge in [0.25, 0.3) is 10.2 Å². The zero-order valence-electron chi connectivity index (χ0n) is 20.4. The van der Waals surface area contributed by atoms with Gasteiger partial charge in [0.2, 0.25) is 10.0 Å². The van der Waals surface area contributed by atoms with E-state index in [2.05, 4.69) is 21.8 Å². The standard InChI is InChI=1S/C23H38N4O5S2/c1-4-32-20-8-9-21-18(15-20)10-13-26-17-19-7-5-12-27(22(19)16-23(21)26)33(28,29)14-6-11-24-34(30,31)25(2)3/h8-9,15,19,22-24H,4-7,10-14,16-17H2,1-3H3/t19-,22+,23-/m0/s1. The minimum absolute atomic E-state index is 0.00372. The smallest absolute Gasteiger partial charge is 0.278 e. The predicted octanol–water partition coefficient (Wildman–Crippen LogP) is 1.58. The van der Waals surface area contributed by atoms with Crippen LogP contribution in [0.2, 0.25) is 0 Å². The van der Waals surface area contributed by atoms with E-state index >= 15 is 0 Å². The van der Waals surface area contributed by atoms with Crippen molar-refractivity contribution in [3.05, 3.63) is 29.3 Å². The number of hydrogen-bond acceptors (Lipinski definition) is 6. The van der Waals surface area contributed by atoms with Crippen molar-refractivity contribution >= 4 is 20.2 Å². The van der Waals surface area contributed by atoms with Gasteiger partial charge in [-0.05, 0) is 68.2 Å². The fraction of sp³-hybridized carbons (Fsp3) is 0.739. The molecule has 192 valence electrons. The van der Waals surface area contributed by atoms with Crippen LogP contribution in [0.3, 0.4) is 0 Å². The molecule has 3 atom stereocenters. The molecule has 2 saturated heterocycles. The Hall–Kier alpha value is -1.24. The van der Waals surface area contributed by atoms with E-state index in [4.69, 9.17) is 4.74 Å². The van der Waals surface area contributed by atoms with E-state index in [9.17, 15) is 16.8 Å². The normalized spacial score (nSPS) is 26.1. The van der Waals surface area contributed by atoms with Crippen LogP contribution in [0.25, 0.3) is 0 Å². The predicted molar refractivity (Wildman–Crippen MR) is 132 cm³/mol. The Morgan fingerprint density at radius 1 is 1.18 bits per heavy atom. The van der Waals surface area contributed by atoms with Crippen molar-refractivity contribution in [3.8, 4) is 5.75 Å². The summed E-state index contributed by atoms with van der Waals surface area (Å²) in [6, 6.07) is 6.56. The average molecular weight is 515 g/mol. The number of hydrogen-bond donors (Lipinski definition) is 1. The van der Waals surface area contributed by atoms with Crippen molar-refractivity contribution in [1.82, 2.24) is 18.2 Å². The lowest BCUT2D eigenvalue weighted by Gasteiger charge is -2.51. The zero-order chi connectivity index (χ0) is 24.5. The van der Waals surface area contributed by atoms with Crippen LogP contribution >= 0.6 is 0 Å². The van der Waals surface area contributed by atoms with E-state index in [0.29, 0.717) is 19.1 Å². The lowest BCUT2D eigenvalue weighted by atomic mass is 9.77. The lowest BCUT2D eigenvalue weighted by Crippen LogP contribution is -2.57. The molecule has 9 nitrogen and oxygen atoms in total. The van der Waals surface area contributed by atoms with Crippen LogP contribution in [0.1, 0.15) is 49.8 Å². The maximum atomic E-state index is 13.3. The Labute approximate surface area is 204 Å². The second kappa shape index (κ2) is 10.4. The molecule has 11 heteroatoms. The Bertz CT molecular complexity index is 1080. The topological polar surface area (TPSA) is 99.3 Å². The molecule has 0 aromatic heterocycles. The summed E-state index contributed by atoms with van der Waals surface area (Å²) in [6.07, 6.45) is 3.98. The van der Waals surface area contributed by atoms with Gasteiger partial charge >= 0.3 is 0 Å². The SMILES string of the molecule is CCOc1ccc2c(c1)CCN1C[C@@H]3CCCN(S(=O)(=O)CCCNS(=O)(=O)N(C)C)[C@@H]3C[C@@H]21. The highest BCUT2D eigenvalue weighted by Gasteiger charge is 2.45. The lowest BCUT2D eigenvalue weighted by molar-refractivity contribution is 0.0219. The molecule has 0 spiro atoms. The largest absolute Gasteiger partial charge is 0.494 e. The first kappa shape index (κ1) is 25.8.